The molecule has 0 N–H and O–H groups in total. The average molecular weight is 214 g/mol. The van der Waals surface area contributed by atoms with Crippen LogP contribution in [0.5, 0.6) is 0 Å². The second kappa shape index (κ2) is 8.15. The second-order valence-corrected chi connectivity index (χ2v) is 5.31. The standard InChI is InChI=1S/C11H22O.C3H8/c1-8(2)10-6-5-9(3)7-11(10)12-4;1-3-2/h8-11H,5-7H2,1-4H3;3H2,1-2H3. The van der Waals surface area contributed by atoms with Crippen molar-refractivity contribution in [3.8, 4) is 0 Å². The van der Waals surface area contributed by atoms with E-state index in [1.165, 1.54) is 25.7 Å². The molecule has 0 heterocycles. The van der Waals surface area contributed by atoms with E-state index in [9.17, 15) is 0 Å². The van der Waals surface area contributed by atoms with Crippen LogP contribution in [0.25, 0.3) is 0 Å². The Balaban J connectivity index is 0.000000583. The first kappa shape index (κ1) is 15.0. The Kier molecular flexibility index (Phi) is 8.13. The molecule has 1 saturated carbocycles. The summed E-state index contributed by atoms with van der Waals surface area (Å²) in [7, 11) is 1.86. The summed E-state index contributed by atoms with van der Waals surface area (Å²) >= 11 is 0. The van der Waals surface area contributed by atoms with Crippen molar-refractivity contribution in [3.63, 3.8) is 0 Å². The SMILES string of the molecule is CCC.COC1CC(C)CCC1C(C)C. The first-order valence-corrected chi connectivity index (χ1v) is 6.59. The van der Waals surface area contributed by atoms with E-state index in [0.29, 0.717) is 6.10 Å². The van der Waals surface area contributed by atoms with Gasteiger partial charge in [0.1, 0.15) is 0 Å². The topological polar surface area (TPSA) is 9.23 Å². The van der Waals surface area contributed by atoms with Gasteiger partial charge in [-0.1, -0.05) is 47.5 Å². The molecule has 0 radical (unpaired) electrons. The third-order valence-corrected chi connectivity index (χ3v) is 3.26. The minimum Gasteiger partial charge on any atom is -0.381 e. The van der Waals surface area contributed by atoms with E-state index in [2.05, 4.69) is 34.6 Å². The predicted molar refractivity (Wildman–Crippen MR) is 68.1 cm³/mol. The first-order chi connectivity index (χ1) is 7.06. The minimum atomic E-state index is 0.522. The van der Waals surface area contributed by atoms with Crippen LogP contribution in [0.2, 0.25) is 0 Å². The van der Waals surface area contributed by atoms with Gasteiger partial charge in [0.15, 0.2) is 0 Å². The molecule has 15 heavy (non-hydrogen) atoms. The van der Waals surface area contributed by atoms with Gasteiger partial charge in [0, 0.05) is 7.11 Å². The second-order valence-electron chi connectivity index (χ2n) is 5.31. The summed E-state index contributed by atoms with van der Waals surface area (Å²) in [4.78, 5) is 0. The highest BCUT2D eigenvalue weighted by molar-refractivity contribution is 4.80. The molecule has 1 nitrogen and oxygen atoms in total. The summed E-state index contributed by atoms with van der Waals surface area (Å²) in [5.41, 5.74) is 0. The largest absolute Gasteiger partial charge is 0.381 e. The van der Waals surface area contributed by atoms with Crippen LogP contribution in [0.1, 0.15) is 60.3 Å². The summed E-state index contributed by atoms with van der Waals surface area (Å²) in [6, 6.07) is 0. The van der Waals surface area contributed by atoms with Crippen molar-refractivity contribution in [2.45, 2.75) is 66.4 Å². The summed E-state index contributed by atoms with van der Waals surface area (Å²) < 4.78 is 5.54. The Hall–Kier alpha value is -0.0400. The van der Waals surface area contributed by atoms with Crippen LogP contribution in [0.4, 0.5) is 0 Å². The van der Waals surface area contributed by atoms with Gasteiger partial charge in [-0.15, -0.1) is 0 Å². The third-order valence-electron chi connectivity index (χ3n) is 3.26. The van der Waals surface area contributed by atoms with Crippen LogP contribution in [0.3, 0.4) is 0 Å². The highest BCUT2D eigenvalue weighted by Crippen LogP contribution is 2.34. The zero-order valence-electron chi connectivity index (χ0n) is 11.5. The van der Waals surface area contributed by atoms with E-state index in [4.69, 9.17) is 4.74 Å². The molecule has 1 aliphatic carbocycles. The van der Waals surface area contributed by atoms with Gasteiger partial charge in [-0.05, 0) is 30.6 Å². The Bertz CT molecular complexity index is 142. The summed E-state index contributed by atoms with van der Waals surface area (Å²) in [5, 5.41) is 0. The van der Waals surface area contributed by atoms with Gasteiger partial charge in [-0.2, -0.15) is 0 Å². The van der Waals surface area contributed by atoms with Crippen LogP contribution in [-0.2, 0) is 4.74 Å². The minimum absolute atomic E-state index is 0.522. The molecule has 3 unspecified atom stereocenters. The van der Waals surface area contributed by atoms with Crippen LogP contribution in [0, 0.1) is 17.8 Å². The lowest BCUT2D eigenvalue weighted by atomic mass is 9.75. The number of hydrogen-bond donors (Lipinski definition) is 0. The Morgan fingerprint density at radius 2 is 1.73 bits per heavy atom. The number of hydrogen-bond acceptors (Lipinski definition) is 1. The molecule has 0 aromatic rings. The maximum absolute atomic E-state index is 5.54. The van der Waals surface area contributed by atoms with Crippen LogP contribution < -0.4 is 0 Å². The summed E-state index contributed by atoms with van der Waals surface area (Å²) in [6.07, 6.45) is 5.79. The molecule has 0 bridgehead atoms. The molecule has 0 aliphatic heterocycles. The van der Waals surface area contributed by atoms with E-state index in [-0.39, 0.29) is 0 Å². The Morgan fingerprint density at radius 3 is 2.13 bits per heavy atom. The van der Waals surface area contributed by atoms with Crippen molar-refractivity contribution in [3.05, 3.63) is 0 Å². The van der Waals surface area contributed by atoms with Crippen molar-refractivity contribution in [2.24, 2.45) is 17.8 Å². The van der Waals surface area contributed by atoms with Gasteiger partial charge in [0.2, 0.25) is 0 Å². The monoisotopic (exact) mass is 214 g/mol. The van der Waals surface area contributed by atoms with E-state index >= 15 is 0 Å². The molecule has 0 amide bonds. The fraction of sp³-hybridized carbons (Fsp3) is 1.00. The normalized spacial score (nSPS) is 31.0. The maximum Gasteiger partial charge on any atom is 0.0604 e. The molecule has 0 aromatic heterocycles. The summed E-state index contributed by atoms with van der Waals surface area (Å²) in [6.45, 7) is 11.2. The van der Waals surface area contributed by atoms with Crippen molar-refractivity contribution < 1.29 is 4.74 Å². The molecular weight excluding hydrogens is 184 g/mol. The first-order valence-electron chi connectivity index (χ1n) is 6.59. The lowest BCUT2D eigenvalue weighted by molar-refractivity contribution is -0.00982. The quantitative estimate of drug-likeness (QED) is 0.657. The lowest BCUT2D eigenvalue weighted by Gasteiger charge is -2.36. The fourth-order valence-electron chi connectivity index (χ4n) is 2.39. The zero-order chi connectivity index (χ0) is 11.8. The highest BCUT2D eigenvalue weighted by atomic mass is 16.5. The average Bonchev–Trinajstić information content (AvgIpc) is 2.18. The van der Waals surface area contributed by atoms with E-state index in [1.54, 1.807) is 0 Å². The molecule has 3 atom stereocenters. The predicted octanol–water partition coefficient (Wildman–Crippen LogP) is 4.51. The summed E-state index contributed by atoms with van der Waals surface area (Å²) in [5.74, 6) is 2.44. The third kappa shape index (κ3) is 5.55. The van der Waals surface area contributed by atoms with E-state index in [1.807, 2.05) is 7.11 Å². The molecule has 1 heteroatoms. The smallest absolute Gasteiger partial charge is 0.0604 e. The van der Waals surface area contributed by atoms with Gasteiger partial charge < -0.3 is 4.74 Å². The van der Waals surface area contributed by atoms with Crippen molar-refractivity contribution in [1.29, 1.82) is 0 Å². The molecule has 0 saturated heterocycles. The molecule has 1 fully saturated rings. The Morgan fingerprint density at radius 1 is 1.20 bits per heavy atom. The maximum atomic E-state index is 5.54. The Labute approximate surface area is 96.6 Å². The van der Waals surface area contributed by atoms with Gasteiger partial charge in [0.25, 0.3) is 0 Å². The molecule has 1 rings (SSSR count). The van der Waals surface area contributed by atoms with Gasteiger partial charge in [0.05, 0.1) is 6.10 Å². The van der Waals surface area contributed by atoms with Crippen molar-refractivity contribution in [1.82, 2.24) is 0 Å². The van der Waals surface area contributed by atoms with Crippen LogP contribution >= 0.6 is 0 Å². The lowest BCUT2D eigenvalue weighted by Crippen LogP contribution is -2.33. The van der Waals surface area contributed by atoms with E-state index in [0.717, 1.165) is 17.8 Å². The number of ether oxygens (including phenoxy) is 1. The molecule has 0 aromatic carbocycles. The molecular formula is C14H30O. The van der Waals surface area contributed by atoms with Crippen LogP contribution in [-0.4, -0.2) is 13.2 Å². The molecule has 92 valence electrons. The zero-order valence-corrected chi connectivity index (χ0v) is 11.5. The highest BCUT2D eigenvalue weighted by Gasteiger charge is 2.30. The number of rotatable bonds is 2. The van der Waals surface area contributed by atoms with Gasteiger partial charge >= 0.3 is 0 Å². The fourth-order valence-corrected chi connectivity index (χ4v) is 2.39. The van der Waals surface area contributed by atoms with Crippen LogP contribution in [0.15, 0.2) is 0 Å². The van der Waals surface area contributed by atoms with Gasteiger partial charge in [-0.25, -0.2) is 0 Å². The van der Waals surface area contributed by atoms with Crippen molar-refractivity contribution >= 4 is 0 Å². The van der Waals surface area contributed by atoms with Gasteiger partial charge in [-0.3, -0.25) is 0 Å². The molecule has 0 spiro atoms. The van der Waals surface area contributed by atoms with E-state index < -0.39 is 0 Å². The molecule has 1 aliphatic rings. The van der Waals surface area contributed by atoms with Crippen molar-refractivity contribution in [2.75, 3.05) is 7.11 Å². The number of methoxy groups -OCH3 is 1.